The first-order valence-corrected chi connectivity index (χ1v) is 9.26. The van der Waals surface area contributed by atoms with E-state index >= 15 is 0 Å². The Bertz CT molecular complexity index is 372. The molecule has 0 bridgehead atoms. The average Bonchev–Trinajstić information content (AvgIpc) is 2.63. The number of aliphatic hydroxyl groups excluding tert-OH is 5. The topological polar surface area (TPSA) is 135 Å². The van der Waals surface area contributed by atoms with Crippen LogP contribution in [0.5, 0.6) is 0 Å². The highest BCUT2D eigenvalue weighted by Crippen LogP contribution is 2.12. The molecule has 0 unspecified atom stereocenters. The van der Waals surface area contributed by atoms with Gasteiger partial charge in [0.2, 0.25) is 11.6 Å². The second-order valence-electron chi connectivity index (χ2n) is 6.54. The summed E-state index contributed by atoms with van der Waals surface area (Å²) in [6.45, 7) is 1.33. The van der Waals surface area contributed by atoms with Gasteiger partial charge in [-0.05, 0) is 6.42 Å². The lowest BCUT2D eigenvalue weighted by Crippen LogP contribution is -2.50. The van der Waals surface area contributed by atoms with E-state index in [9.17, 15) is 30.0 Å². The van der Waals surface area contributed by atoms with E-state index in [4.69, 9.17) is 5.11 Å². The van der Waals surface area contributed by atoms with E-state index in [1.54, 1.807) is 0 Å². The molecule has 0 fully saturated rings. The standard InChI is InChI=1S/C18H34O7/c1-2-3-4-5-6-7-8-9-10-11-13(20)15(22)17(24)18(25)16(23)14(21)12-19/h14,16-19,21,23-25H,2-12H2,1H3/t14-,16-,17-,18+/m1/s1. The van der Waals surface area contributed by atoms with Gasteiger partial charge in [0.1, 0.15) is 24.4 Å². The monoisotopic (exact) mass is 362 g/mol. The van der Waals surface area contributed by atoms with Gasteiger partial charge in [0.15, 0.2) is 0 Å². The molecule has 0 aliphatic heterocycles. The van der Waals surface area contributed by atoms with E-state index in [0.29, 0.717) is 6.42 Å². The minimum atomic E-state index is -2.11. The first-order valence-electron chi connectivity index (χ1n) is 9.26. The molecule has 0 aromatic rings. The zero-order valence-electron chi connectivity index (χ0n) is 15.1. The highest BCUT2D eigenvalue weighted by molar-refractivity contribution is 6.38. The van der Waals surface area contributed by atoms with Crippen molar-refractivity contribution in [1.29, 1.82) is 0 Å². The second-order valence-corrected chi connectivity index (χ2v) is 6.54. The Morgan fingerprint density at radius 3 is 1.72 bits per heavy atom. The molecular formula is C18H34O7. The van der Waals surface area contributed by atoms with Crippen LogP contribution in [-0.4, -0.2) is 68.1 Å². The summed E-state index contributed by atoms with van der Waals surface area (Å²) in [5, 5.41) is 46.6. The van der Waals surface area contributed by atoms with Crippen LogP contribution >= 0.6 is 0 Å². The number of carbonyl (C=O) groups is 2. The molecular weight excluding hydrogens is 328 g/mol. The van der Waals surface area contributed by atoms with Crippen LogP contribution in [0.25, 0.3) is 0 Å². The molecule has 0 aliphatic carbocycles. The van der Waals surface area contributed by atoms with Gasteiger partial charge >= 0.3 is 0 Å². The normalized spacial score (nSPS) is 16.2. The van der Waals surface area contributed by atoms with Crippen LogP contribution in [0.2, 0.25) is 0 Å². The lowest BCUT2D eigenvalue weighted by atomic mass is 9.96. The van der Waals surface area contributed by atoms with Crippen molar-refractivity contribution in [1.82, 2.24) is 0 Å². The molecule has 0 saturated heterocycles. The number of hydrogen-bond acceptors (Lipinski definition) is 7. The Morgan fingerprint density at radius 1 is 0.760 bits per heavy atom. The van der Waals surface area contributed by atoms with Crippen molar-refractivity contribution in [2.75, 3.05) is 6.61 Å². The lowest BCUT2D eigenvalue weighted by Gasteiger charge is -2.24. The minimum Gasteiger partial charge on any atom is -0.394 e. The van der Waals surface area contributed by atoms with Crippen LogP contribution in [0.3, 0.4) is 0 Å². The van der Waals surface area contributed by atoms with Gasteiger partial charge in [-0.15, -0.1) is 0 Å². The van der Waals surface area contributed by atoms with Gasteiger partial charge in [-0.1, -0.05) is 58.3 Å². The molecule has 25 heavy (non-hydrogen) atoms. The van der Waals surface area contributed by atoms with Gasteiger partial charge in [-0.3, -0.25) is 9.59 Å². The number of rotatable bonds is 16. The fraction of sp³-hybridized carbons (Fsp3) is 0.889. The molecule has 0 radical (unpaired) electrons. The van der Waals surface area contributed by atoms with Crippen LogP contribution in [0.4, 0.5) is 0 Å². The number of hydrogen-bond donors (Lipinski definition) is 5. The summed E-state index contributed by atoms with van der Waals surface area (Å²) >= 11 is 0. The van der Waals surface area contributed by atoms with Gasteiger partial charge in [-0.2, -0.15) is 0 Å². The average molecular weight is 362 g/mol. The summed E-state index contributed by atoms with van der Waals surface area (Å²) < 4.78 is 0. The minimum absolute atomic E-state index is 0.0168. The zero-order valence-corrected chi connectivity index (χ0v) is 15.1. The van der Waals surface area contributed by atoms with E-state index < -0.39 is 42.6 Å². The van der Waals surface area contributed by atoms with E-state index in [1.165, 1.54) is 32.1 Å². The van der Waals surface area contributed by atoms with Gasteiger partial charge in [0, 0.05) is 6.42 Å². The van der Waals surface area contributed by atoms with Crippen LogP contribution in [-0.2, 0) is 9.59 Å². The largest absolute Gasteiger partial charge is 0.394 e. The molecule has 7 heteroatoms. The summed E-state index contributed by atoms with van der Waals surface area (Å²) in [5.74, 6) is -1.99. The molecule has 0 aromatic heterocycles. The lowest BCUT2D eigenvalue weighted by molar-refractivity contribution is -0.154. The van der Waals surface area contributed by atoms with Crippen molar-refractivity contribution < 1.29 is 35.1 Å². The summed E-state index contributed by atoms with van der Waals surface area (Å²) in [6, 6.07) is 0. The summed E-state index contributed by atoms with van der Waals surface area (Å²) in [7, 11) is 0. The quantitative estimate of drug-likeness (QED) is 0.199. The Hall–Kier alpha value is -0.860. The molecule has 0 aromatic carbocycles. The van der Waals surface area contributed by atoms with Crippen LogP contribution in [0.15, 0.2) is 0 Å². The molecule has 0 aliphatic rings. The first kappa shape index (κ1) is 24.1. The maximum atomic E-state index is 11.8. The predicted octanol–water partition coefficient (Wildman–Crippen LogP) is 0.481. The van der Waals surface area contributed by atoms with Crippen molar-refractivity contribution >= 4 is 11.6 Å². The van der Waals surface area contributed by atoms with Crippen molar-refractivity contribution in [2.45, 2.75) is 95.5 Å². The Balaban J connectivity index is 3.96. The molecule has 0 rings (SSSR count). The Labute approximate surface area is 149 Å². The van der Waals surface area contributed by atoms with Crippen molar-refractivity contribution in [3.63, 3.8) is 0 Å². The van der Waals surface area contributed by atoms with Crippen molar-refractivity contribution in [2.24, 2.45) is 0 Å². The van der Waals surface area contributed by atoms with Gasteiger partial charge in [-0.25, -0.2) is 0 Å². The van der Waals surface area contributed by atoms with E-state index in [0.717, 1.165) is 19.3 Å². The van der Waals surface area contributed by atoms with Crippen LogP contribution < -0.4 is 0 Å². The van der Waals surface area contributed by atoms with Crippen molar-refractivity contribution in [3.8, 4) is 0 Å². The number of unbranched alkanes of at least 4 members (excludes halogenated alkanes) is 8. The molecule has 0 amide bonds. The fourth-order valence-corrected chi connectivity index (χ4v) is 2.56. The Kier molecular flexibility index (Phi) is 13.8. The van der Waals surface area contributed by atoms with Gasteiger partial charge in [0.05, 0.1) is 6.61 Å². The third-order valence-corrected chi connectivity index (χ3v) is 4.31. The van der Waals surface area contributed by atoms with Crippen LogP contribution in [0.1, 0.15) is 71.1 Å². The SMILES string of the molecule is CCCCCCCCCCCC(=O)C(=O)[C@@H](O)[C@@H](O)[C@H](O)[C@H](O)CO. The second kappa shape index (κ2) is 14.3. The van der Waals surface area contributed by atoms with Crippen molar-refractivity contribution in [3.05, 3.63) is 0 Å². The summed E-state index contributed by atoms with van der Waals surface area (Å²) in [5.41, 5.74) is 0. The summed E-state index contributed by atoms with van der Waals surface area (Å²) in [6.07, 6.45) is 1.78. The molecule has 0 saturated carbocycles. The first-order chi connectivity index (χ1) is 11.9. The maximum absolute atomic E-state index is 11.8. The Morgan fingerprint density at radius 2 is 1.24 bits per heavy atom. The smallest absolute Gasteiger partial charge is 0.229 e. The fourth-order valence-electron chi connectivity index (χ4n) is 2.56. The molecule has 0 spiro atoms. The molecule has 7 nitrogen and oxygen atoms in total. The van der Waals surface area contributed by atoms with Crippen LogP contribution in [0, 0.1) is 0 Å². The van der Waals surface area contributed by atoms with Gasteiger partial charge in [0.25, 0.3) is 0 Å². The molecule has 148 valence electrons. The number of ketones is 2. The highest BCUT2D eigenvalue weighted by Gasteiger charge is 2.36. The summed E-state index contributed by atoms with van der Waals surface area (Å²) in [4.78, 5) is 23.5. The van der Waals surface area contributed by atoms with E-state index in [-0.39, 0.29) is 6.42 Å². The molecule has 0 heterocycles. The number of Topliss-reactive ketones (excluding diaryl/α,β-unsaturated/α-hetero) is 2. The maximum Gasteiger partial charge on any atom is 0.229 e. The van der Waals surface area contributed by atoms with E-state index in [2.05, 4.69) is 6.92 Å². The number of aliphatic hydroxyl groups is 5. The third-order valence-electron chi connectivity index (χ3n) is 4.31. The van der Waals surface area contributed by atoms with E-state index in [1.807, 2.05) is 0 Å². The highest BCUT2D eigenvalue weighted by atomic mass is 16.4. The molecule has 5 N–H and O–H groups in total. The van der Waals surface area contributed by atoms with Gasteiger partial charge < -0.3 is 25.5 Å². The molecule has 4 atom stereocenters. The third kappa shape index (κ3) is 10.0. The zero-order chi connectivity index (χ0) is 19.2. The predicted molar refractivity (Wildman–Crippen MR) is 93.0 cm³/mol. The number of carbonyl (C=O) groups excluding carboxylic acids is 2.